The Bertz CT molecular complexity index is 1040. The van der Waals surface area contributed by atoms with E-state index in [1.165, 1.54) is 37.2 Å². The number of aromatic nitrogens is 3. The Balaban J connectivity index is 1.30. The predicted molar refractivity (Wildman–Crippen MR) is 114 cm³/mol. The van der Waals surface area contributed by atoms with Crippen LogP contribution >= 0.6 is 0 Å². The van der Waals surface area contributed by atoms with E-state index in [4.69, 9.17) is 4.98 Å². The third kappa shape index (κ3) is 3.80. The van der Waals surface area contributed by atoms with Crippen LogP contribution < -0.4 is 10.5 Å². The molecule has 0 aliphatic carbocycles. The molecule has 29 heavy (non-hydrogen) atoms. The number of aromatic amines is 1. The lowest BCUT2D eigenvalue weighted by Gasteiger charge is -2.28. The lowest BCUT2D eigenvalue weighted by molar-refractivity contribution is 0.242. The minimum atomic E-state index is -0.0389. The Hall–Kier alpha value is -2.99. The monoisotopic (exact) mass is 387 g/mol. The van der Waals surface area contributed by atoms with Crippen molar-refractivity contribution < 1.29 is 0 Å². The number of rotatable bonds is 4. The Kier molecular flexibility index (Phi) is 4.86. The smallest absolute Gasteiger partial charge is 0.255 e. The number of pyridine rings is 1. The largest absolute Gasteiger partial charge is 0.372 e. The molecule has 2 aromatic heterocycles. The van der Waals surface area contributed by atoms with Gasteiger partial charge in [-0.2, -0.15) is 0 Å². The lowest BCUT2D eigenvalue weighted by atomic mass is 10.1. The summed E-state index contributed by atoms with van der Waals surface area (Å²) < 4.78 is 0. The zero-order valence-electron chi connectivity index (χ0n) is 16.5. The maximum Gasteiger partial charge on any atom is 0.255 e. The Morgan fingerprint density at radius 2 is 1.86 bits per heavy atom. The van der Waals surface area contributed by atoms with Crippen molar-refractivity contribution in [3.63, 3.8) is 0 Å². The number of hydrogen-bond donors (Lipinski definition) is 1. The average molecular weight is 387 g/mol. The summed E-state index contributed by atoms with van der Waals surface area (Å²) in [6.07, 6.45) is 6.82. The van der Waals surface area contributed by atoms with E-state index >= 15 is 0 Å². The number of hydrogen-bond acceptors (Lipinski definition) is 5. The van der Waals surface area contributed by atoms with Gasteiger partial charge in [0.1, 0.15) is 5.82 Å². The van der Waals surface area contributed by atoms with Crippen LogP contribution in [-0.4, -0.2) is 39.5 Å². The number of nitrogens with one attached hydrogen (secondary N) is 1. The van der Waals surface area contributed by atoms with Gasteiger partial charge in [0.2, 0.25) is 0 Å². The van der Waals surface area contributed by atoms with Gasteiger partial charge in [-0.25, -0.2) is 4.98 Å². The zero-order chi connectivity index (χ0) is 19.6. The Morgan fingerprint density at radius 3 is 2.62 bits per heavy atom. The lowest BCUT2D eigenvalue weighted by Crippen LogP contribution is -2.35. The first-order chi connectivity index (χ1) is 14.3. The van der Waals surface area contributed by atoms with E-state index in [1.54, 1.807) is 12.4 Å². The molecule has 2 aliphatic heterocycles. The maximum absolute atomic E-state index is 12.7. The molecule has 6 nitrogen and oxygen atoms in total. The van der Waals surface area contributed by atoms with Crippen molar-refractivity contribution in [2.75, 3.05) is 24.5 Å². The fourth-order valence-corrected chi connectivity index (χ4v) is 4.30. The Labute approximate surface area is 170 Å². The number of benzene rings is 1. The zero-order valence-corrected chi connectivity index (χ0v) is 16.5. The predicted octanol–water partition coefficient (Wildman–Crippen LogP) is 2.99. The molecule has 0 amide bonds. The van der Waals surface area contributed by atoms with Gasteiger partial charge in [-0.3, -0.25) is 14.7 Å². The van der Waals surface area contributed by atoms with Crippen molar-refractivity contribution in [1.82, 2.24) is 19.9 Å². The number of fused-ring (bicyclic) bond motifs is 1. The molecule has 0 spiro atoms. The number of H-pyrrole nitrogens is 1. The standard InChI is InChI=1S/C23H25N5O/c29-23-20-16-27(15-17-5-7-19(8-6-17)28-11-1-2-12-28)13-9-21(20)25-22(26-23)18-4-3-10-24-14-18/h3-8,10,14H,1-2,9,11-13,15-16H2,(H,25,26,29). The molecule has 5 rings (SSSR count). The summed E-state index contributed by atoms with van der Waals surface area (Å²) in [7, 11) is 0. The van der Waals surface area contributed by atoms with Crippen LogP contribution in [0.3, 0.4) is 0 Å². The van der Waals surface area contributed by atoms with E-state index in [2.05, 4.69) is 44.0 Å². The first-order valence-electron chi connectivity index (χ1n) is 10.3. The van der Waals surface area contributed by atoms with Gasteiger partial charge in [-0.1, -0.05) is 12.1 Å². The van der Waals surface area contributed by atoms with E-state index in [1.807, 2.05) is 12.1 Å². The summed E-state index contributed by atoms with van der Waals surface area (Å²) in [5.74, 6) is 0.604. The third-order valence-electron chi connectivity index (χ3n) is 5.90. The molecule has 1 saturated heterocycles. The minimum absolute atomic E-state index is 0.0389. The van der Waals surface area contributed by atoms with Crippen molar-refractivity contribution in [3.05, 3.63) is 76.0 Å². The van der Waals surface area contributed by atoms with E-state index in [0.29, 0.717) is 12.4 Å². The van der Waals surface area contributed by atoms with Crippen LogP contribution in [0, 0.1) is 0 Å². The second-order valence-electron chi connectivity index (χ2n) is 7.90. The highest BCUT2D eigenvalue weighted by Crippen LogP contribution is 2.23. The summed E-state index contributed by atoms with van der Waals surface area (Å²) in [4.78, 5) is 29.2. The summed E-state index contributed by atoms with van der Waals surface area (Å²) in [5, 5.41) is 0. The summed E-state index contributed by atoms with van der Waals surface area (Å²) >= 11 is 0. The minimum Gasteiger partial charge on any atom is -0.372 e. The fourth-order valence-electron chi connectivity index (χ4n) is 4.30. The third-order valence-corrected chi connectivity index (χ3v) is 5.90. The van der Waals surface area contributed by atoms with Crippen LogP contribution in [-0.2, 0) is 19.5 Å². The van der Waals surface area contributed by atoms with E-state index in [0.717, 1.165) is 36.3 Å². The molecule has 0 radical (unpaired) electrons. The van der Waals surface area contributed by atoms with Crippen LogP contribution in [0.2, 0.25) is 0 Å². The first kappa shape index (κ1) is 18.1. The highest BCUT2D eigenvalue weighted by Gasteiger charge is 2.22. The number of anilines is 1. The van der Waals surface area contributed by atoms with Crippen LogP contribution in [0.4, 0.5) is 5.69 Å². The molecule has 4 heterocycles. The fraction of sp³-hybridized carbons (Fsp3) is 0.348. The summed E-state index contributed by atoms with van der Waals surface area (Å²) in [6.45, 7) is 4.73. The summed E-state index contributed by atoms with van der Waals surface area (Å²) in [6, 6.07) is 12.7. The van der Waals surface area contributed by atoms with Gasteiger partial charge in [0.15, 0.2) is 0 Å². The highest BCUT2D eigenvalue weighted by atomic mass is 16.1. The molecule has 0 atom stereocenters. The Morgan fingerprint density at radius 1 is 1.03 bits per heavy atom. The SMILES string of the molecule is O=c1[nH]c(-c2cccnc2)nc2c1CN(Cc1ccc(N3CCCC3)cc1)CC2. The molecule has 1 aromatic carbocycles. The number of nitrogens with zero attached hydrogens (tertiary/aromatic N) is 4. The molecule has 148 valence electrons. The van der Waals surface area contributed by atoms with Gasteiger partial charge in [0.05, 0.1) is 11.3 Å². The molecule has 0 unspecified atom stereocenters. The molecule has 1 fully saturated rings. The van der Waals surface area contributed by atoms with Crippen LogP contribution in [0.5, 0.6) is 0 Å². The van der Waals surface area contributed by atoms with Crippen molar-refractivity contribution in [2.45, 2.75) is 32.4 Å². The van der Waals surface area contributed by atoms with Crippen molar-refractivity contribution in [3.8, 4) is 11.4 Å². The van der Waals surface area contributed by atoms with Gasteiger partial charge in [0, 0.05) is 62.8 Å². The van der Waals surface area contributed by atoms with E-state index < -0.39 is 0 Å². The van der Waals surface area contributed by atoms with Gasteiger partial charge in [-0.05, 0) is 42.7 Å². The molecule has 0 bridgehead atoms. The van der Waals surface area contributed by atoms with Gasteiger partial charge < -0.3 is 9.88 Å². The van der Waals surface area contributed by atoms with Crippen LogP contribution in [0.25, 0.3) is 11.4 Å². The summed E-state index contributed by atoms with van der Waals surface area (Å²) in [5.41, 5.74) is 5.10. The topological polar surface area (TPSA) is 65.1 Å². The van der Waals surface area contributed by atoms with Crippen LogP contribution in [0.1, 0.15) is 29.7 Å². The molecule has 0 saturated carbocycles. The molecule has 3 aromatic rings. The van der Waals surface area contributed by atoms with E-state index in [9.17, 15) is 4.79 Å². The molecule has 1 N–H and O–H groups in total. The van der Waals surface area contributed by atoms with Gasteiger partial charge in [0.25, 0.3) is 5.56 Å². The first-order valence-corrected chi connectivity index (χ1v) is 10.3. The van der Waals surface area contributed by atoms with Crippen molar-refractivity contribution in [2.24, 2.45) is 0 Å². The maximum atomic E-state index is 12.7. The second kappa shape index (κ2) is 7.79. The average Bonchev–Trinajstić information content (AvgIpc) is 3.30. The van der Waals surface area contributed by atoms with E-state index in [-0.39, 0.29) is 5.56 Å². The second-order valence-corrected chi connectivity index (χ2v) is 7.90. The molecule has 6 heteroatoms. The van der Waals surface area contributed by atoms with Gasteiger partial charge >= 0.3 is 0 Å². The quantitative estimate of drug-likeness (QED) is 0.746. The van der Waals surface area contributed by atoms with Crippen LogP contribution in [0.15, 0.2) is 53.6 Å². The molecule has 2 aliphatic rings. The van der Waals surface area contributed by atoms with Crippen molar-refractivity contribution >= 4 is 5.69 Å². The van der Waals surface area contributed by atoms with Gasteiger partial charge in [-0.15, -0.1) is 0 Å². The normalized spacial score (nSPS) is 16.8. The molecular formula is C23H25N5O. The van der Waals surface area contributed by atoms with Crippen molar-refractivity contribution in [1.29, 1.82) is 0 Å². The molecular weight excluding hydrogens is 362 g/mol. The highest BCUT2D eigenvalue weighted by molar-refractivity contribution is 5.53.